The lowest BCUT2D eigenvalue weighted by atomic mass is 9.68. The molecule has 0 aromatic carbocycles. The van der Waals surface area contributed by atoms with Crippen molar-refractivity contribution in [1.82, 2.24) is 0 Å². The zero-order chi connectivity index (χ0) is 22.4. The van der Waals surface area contributed by atoms with Gasteiger partial charge in [0.25, 0.3) is 0 Å². The molecular formula is C23H38O6S. The van der Waals surface area contributed by atoms with Crippen LogP contribution in [0.4, 0.5) is 0 Å². The fourth-order valence-corrected chi connectivity index (χ4v) is 4.81. The normalized spacial score (nSPS) is 19.3. The maximum Gasteiger partial charge on any atom is 0.316 e. The third-order valence-corrected chi connectivity index (χ3v) is 6.59. The number of aliphatic hydroxyl groups excluding tert-OH is 2. The van der Waals surface area contributed by atoms with Gasteiger partial charge in [0.15, 0.2) is 0 Å². The van der Waals surface area contributed by atoms with Gasteiger partial charge in [-0.05, 0) is 44.4 Å². The van der Waals surface area contributed by atoms with Crippen LogP contribution in [0.1, 0.15) is 70.6 Å². The van der Waals surface area contributed by atoms with E-state index in [4.69, 9.17) is 5.11 Å². The number of carboxylic acid groups (broad SMARTS) is 1. The summed E-state index contributed by atoms with van der Waals surface area (Å²) >= 11 is 0. The summed E-state index contributed by atoms with van der Waals surface area (Å²) in [6.07, 6.45) is 15.5. The molecule has 1 aliphatic carbocycles. The monoisotopic (exact) mass is 442 g/mol. The van der Waals surface area contributed by atoms with E-state index in [2.05, 4.69) is 0 Å². The highest BCUT2D eigenvalue weighted by atomic mass is 32.2. The molecular weight excluding hydrogens is 404 g/mol. The molecule has 0 spiro atoms. The summed E-state index contributed by atoms with van der Waals surface area (Å²) in [4.78, 5) is 24.0. The topological polar surface area (TPSA) is 112 Å². The van der Waals surface area contributed by atoms with Crippen LogP contribution >= 0.6 is 0 Å². The molecule has 0 bridgehead atoms. The Morgan fingerprint density at radius 3 is 2.37 bits per heavy atom. The molecule has 0 radical (unpaired) electrons. The highest BCUT2D eigenvalue weighted by Gasteiger charge is 2.49. The minimum atomic E-state index is -1.32. The van der Waals surface area contributed by atoms with Crippen molar-refractivity contribution in [2.24, 2.45) is 11.3 Å². The number of carbonyl (C=O) groups is 2. The third kappa shape index (κ3) is 8.82. The Balaban J connectivity index is 2.79. The minimum absolute atomic E-state index is 0.00900. The molecule has 1 fully saturated rings. The smallest absolute Gasteiger partial charge is 0.316 e. The van der Waals surface area contributed by atoms with E-state index in [-0.39, 0.29) is 36.9 Å². The van der Waals surface area contributed by atoms with Crippen molar-refractivity contribution in [2.45, 2.75) is 76.7 Å². The van der Waals surface area contributed by atoms with Crippen molar-refractivity contribution in [3.05, 3.63) is 24.3 Å². The van der Waals surface area contributed by atoms with Gasteiger partial charge in [-0.15, -0.1) is 0 Å². The van der Waals surface area contributed by atoms with Crippen LogP contribution in [0.15, 0.2) is 24.3 Å². The number of Topliss-reactive ketones (excluding diaryl/α,β-unsaturated/α-hetero) is 1. The Morgan fingerprint density at radius 1 is 1.10 bits per heavy atom. The van der Waals surface area contributed by atoms with E-state index < -0.39 is 28.3 Å². The van der Waals surface area contributed by atoms with E-state index in [1.165, 1.54) is 6.26 Å². The molecule has 1 unspecified atom stereocenters. The molecule has 30 heavy (non-hydrogen) atoms. The van der Waals surface area contributed by atoms with E-state index in [1.54, 1.807) is 18.2 Å². The van der Waals surface area contributed by atoms with Gasteiger partial charge >= 0.3 is 5.97 Å². The fraction of sp³-hybridized carbons (Fsp3) is 0.739. The number of ketones is 1. The van der Waals surface area contributed by atoms with Crippen molar-refractivity contribution in [1.29, 1.82) is 0 Å². The molecule has 0 aromatic heterocycles. The second-order valence-electron chi connectivity index (χ2n) is 8.23. The van der Waals surface area contributed by atoms with Crippen molar-refractivity contribution in [2.75, 3.05) is 18.6 Å². The molecule has 0 aromatic rings. The van der Waals surface area contributed by atoms with Crippen LogP contribution in [0.5, 0.6) is 0 Å². The lowest BCUT2D eigenvalue weighted by Crippen LogP contribution is -2.46. The van der Waals surface area contributed by atoms with Gasteiger partial charge in [0.2, 0.25) is 0 Å². The summed E-state index contributed by atoms with van der Waals surface area (Å²) in [6, 6.07) is 0. The molecule has 3 atom stereocenters. The molecule has 1 saturated carbocycles. The van der Waals surface area contributed by atoms with Crippen molar-refractivity contribution in [3.63, 3.8) is 0 Å². The lowest BCUT2D eigenvalue weighted by Gasteiger charge is -2.36. The number of aliphatic carboxylic acids is 1. The number of allylic oxidation sites excluding steroid dienone is 2. The fourth-order valence-electron chi connectivity index (χ4n) is 4.24. The number of carboxylic acids is 1. The number of hydrogen-bond donors (Lipinski definition) is 3. The first-order valence-electron chi connectivity index (χ1n) is 11.0. The summed E-state index contributed by atoms with van der Waals surface area (Å²) in [6.45, 7) is 0.196. The zero-order valence-corrected chi connectivity index (χ0v) is 18.9. The highest BCUT2D eigenvalue weighted by molar-refractivity contribution is 7.85. The van der Waals surface area contributed by atoms with E-state index in [0.717, 1.165) is 57.8 Å². The number of rotatable bonds is 16. The molecule has 1 aliphatic rings. The van der Waals surface area contributed by atoms with Crippen molar-refractivity contribution < 1.29 is 29.1 Å². The van der Waals surface area contributed by atoms with Gasteiger partial charge < -0.3 is 15.3 Å². The number of unbranched alkanes of at least 4 members (excludes halogenated alkanes) is 4. The van der Waals surface area contributed by atoms with E-state index >= 15 is 0 Å². The Kier molecular flexibility index (Phi) is 13.1. The zero-order valence-electron chi connectivity index (χ0n) is 18.1. The van der Waals surface area contributed by atoms with Gasteiger partial charge in [0, 0.05) is 30.1 Å². The van der Waals surface area contributed by atoms with Crippen LogP contribution in [0.25, 0.3) is 0 Å². The van der Waals surface area contributed by atoms with Gasteiger partial charge in [0.05, 0.1) is 11.9 Å². The third-order valence-electron chi connectivity index (χ3n) is 5.86. The Bertz CT molecular complexity index is 609. The second kappa shape index (κ2) is 14.7. The van der Waals surface area contributed by atoms with Gasteiger partial charge in [-0.3, -0.25) is 13.8 Å². The first-order chi connectivity index (χ1) is 14.3. The molecule has 0 amide bonds. The lowest BCUT2D eigenvalue weighted by molar-refractivity contribution is -0.156. The van der Waals surface area contributed by atoms with Gasteiger partial charge in [0.1, 0.15) is 11.2 Å². The van der Waals surface area contributed by atoms with Crippen LogP contribution in [0.3, 0.4) is 0 Å². The molecule has 3 N–H and O–H groups in total. The second-order valence-corrected chi connectivity index (χ2v) is 9.67. The number of hydrogen-bond acceptors (Lipinski definition) is 5. The summed E-state index contributed by atoms with van der Waals surface area (Å²) in [7, 11) is -1.17. The number of carbonyl (C=O) groups excluding carboxylic acids is 1. The summed E-state index contributed by atoms with van der Waals surface area (Å²) in [5, 5.41) is 29.9. The van der Waals surface area contributed by atoms with Gasteiger partial charge in [-0.2, -0.15) is 0 Å². The predicted octanol–water partition coefficient (Wildman–Crippen LogP) is 3.39. The Labute approximate surface area is 182 Å². The molecule has 6 nitrogen and oxygen atoms in total. The quantitative estimate of drug-likeness (QED) is 0.249. The molecule has 7 heteroatoms. The minimum Gasteiger partial charge on any atom is -0.481 e. The SMILES string of the molecule is CS(=O)CC(=O)CC=CC[C@@H](O)[C@](C=CCCCCCCO)(C(=O)O)C1CCCC1. The van der Waals surface area contributed by atoms with E-state index in [9.17, 15) is 24.0 Å². The molecule has 0 aliphatic heterocycles. The van der Waals surface area contributed by atoms with Crippen LogP contribution < -0.4 is 0 Å². The first kappa shape index (κ1) is 26.7. The van der Waals surface area contributed by atoms with Crippen molar-refractivity contribution >= 4 is 22.6 Å². The van der Waals surface area contributed by atoms with Crippen LogP contribution in [0.2, 0.25) is 0 Å². The van der Waals surface area contributed by atoms with Crippen LogP contribution in [-0.2, 0) is 20.4 Å². The Morgan fingerprint density at radius 2 is 1.77 bits per heavy atom. The maximum absolute atomic E-state index is 12.4. The summed E-state index contributed by atoms with van der Waals surface area (Å²) in [5.41, 5.74) is -1.32. The molecule has 0 heterocycles. The maximum atomic E-state index is 12.4. The standard InChI is InChI=1S/C23H38O6S/c1-30(29)18-20(25)14-8-9-15-21(26)23(22(27)28,19-12-6-7-13-19)16-10-4-2-3-5-11-17-24/h8-10,16,19,21,24,26H,2-7,11-15,17-18H2,1H3,(H,27,28)/t21-,23-,30?/m1/s1. The average molecular weight is 443 g/mol. The Hall–Kier alpha value is -1.31. The van der Waals surface area contributed by atoms with E-state index in [0.29, 0.717) is 0 Å². The average Bonchev–Trinajstić information content (AvgIpc) is 3.21. The van der Waals surface area contributed by atoms with E-state index in [1.807, 2.05) is 6.08 Å². The van der Waals surface area contributed by atoms with Crippen LogP contribution in [-0.4, -0.2) is 56.0 Å². The number of aliphatic hydroxyl groups is 2. The highest BCUT2D eigenvalue weighted by Crippen LogP contribution is 2.45. The van der Waals surface area contributed by atoms with Gasteiger partial charge in [-0.1, -0.05) is 50.0 Å². The summed E-state index contributed by atoms with van der Waals surface area (Å²) < 4.78 is 11.1. The molecule has 0 saturated heterocycles. The van der Waals surface area contributed by atoms with Gasteiger partial charge in [-0.25, -0.2) is 0 Å². The first-order valence-corrected chi connectivity index (χ1v) is 12.7. The van der Waals surface area contributed by atoms with Crippen molar-refractivity contribution in [3.8, 4) is 0 Å². The van der Waals surface area contributed by atoms with Crippen LogP contribution in [0, 0.1) is 11.3 Å². The largest absolute Gasteiger partial charge is 0.481 e. The molecule has 1 rings (SSSR count). The predicted molar refractivity (Wildman–Crippen MR) is 120 cm³/mol. The molecule has 172 valence electrons. The summed E-state index contributed by atoms with van der Waals surface area (Å²) in [5.74, 6) is -1.23.